The predicted molar refractivity (Wildman–Crippen MR) is 65.8 cm³/mol. The van der Waals surface area contributed by atoms with E-state index >= 15 is 0 Å². The zero-order chi connectivity index (χ0) is 12.8. The van der Waals surface area contributed by atoms with E-state index in [4.69, 9.17) is 9.84 Å². The van der Waals surface area contributed by atoms with Crippen LogP contribution in [0.2, 0.25) is 0 Å². The van der Waals surface area contributed by atoms with Gasteiger partial charge in [-0.25, -0.2) is 4.79 Å². The smallest absolute Gasteiger partial charge is 0.332 e. The lowest BCUT2D eigenvalue weighted by Crippen LogP contribution is -2.26. The minimum Gasteiger partial charge on any atom is -0.479 e. The average Bonchev–Trinajstić information content (AvgIpc) is 2.29. The van der Waals surface area contributed by atoms with Crippen LogP contribution in [0.4, 0.5) is 5.69 Å². The van der Waals surface area contributed by atoms with Crippen molar-refractivity contribution < 1.29 is 19.4 Å². The molecule has 0 bridgehead atoms. The fourth-order valence-corrected chi connectivity index (χ4v) is 1.27. The van der Waals surface area contributed by atoms with E-state index in [1.54, 1.807) is 24.3 Å². The van der Waals surface area contributed by atoms with Gasteiger partial charge >= 0.3 is 5.97 Å². The van der Waals surface area contributed by atoms with E-state index in [1.165, 1.54) is 6.92 Å². The van der Waals surface area contributed by atoms with Crippen LogP contribution in [-0.2, 0) is 14.3 Å². The van der Waals surface area contributed by atoms with E-state index in [0.29, 0.717) is 5.69 Å². The number of ether oxygens (including phenoxy) is 1. The number of benzene rings is 1. The number of rotatable bonds is 5. The highest BCUT2D eigenvalue weighted by Crippen LogP contribution is 2.13. The Hall–Kier alpha value is -1.40. The number of nitrogens with one attached hydrogen (secondary N) is 1. The predicted octanol–water partition coefficient (Wildman–Crippen LogP) is 1.88. The molecule has 0 aliphatic carbocycles. The molecule has 1 rings (SSSR count). The number of aliphatic carboxylic acids is 1. The number of hydrogen-bond donors (Lipinski definition) is 2. The van der Waals surface area contributed by atoms with Gasteiger partial charge < -0.3 is 15.2 Å². The van der Waals surface area contributed by atoms with Crippen LogP contribution in [0.15, 0.2) is 28.7 Å². The van der Waals surface area contributed by atoms with Crippen molar-refractivity contribution in [2.24, 2.45) is 0 Å². The molecule has 2 N–H and O–H groups in total. The standard InChI is InChI=1S/C11H12BrNO4/c1-7(11(15)16)17-6-10(14)13-9-4-2-8(12)3-5-9/h2-5,7H,6H2,1H3,(H,13,14)(H,15,16)/t7-/m0/s1. The molecule has 1 aromatic rings. The van der Waals surface area contributed by atoms with Crippen molar-refractivity contribution >= 4 is 33.5 Å². The zero-order valence-corrected chi connectivity index (χ0v) is 10.7. The summed E-state index contributed by atoms with van der Waals surface area (Å²) < 4.78 is 5.75. The quantitative estimate of drug-likeness (QED) is 0.870. The summed E-state index contributed by atoms with van der Waals surface area (Å²) in [6.07, 6.45) is -0.995. The number of carboxylic acid groups (broad SMARTS) is 1. The molecule has 1 amide bonds. The van der Waals surface area contributed by atoms with Gasteiger partial charge in [0.1, 0.15) is 6.61 Å². The molecular formula is C11H12BrNO4. The summed E-state index contributed by atoms with van der Waals surface area (Å²) in [5, 5.41) is 11.1. The maximum absolute atomic E-state index is 11.4. The molecule has 6 heteroatoms. The van der Waals surface area contributed by atoms with Gasteiger partial charge in [-0.15, -0.1) is 0 Å². The first kappa shape index (κ1) is 13.7. The number of hydrogen-bond acceptors (Lipinski definition) is 3. The van der Waals surface area contributed by atoms with Crippen LogP contribution >= 0.6 is 15.9 Å². The van der Waals surface area contributed by atoms with Crippen molar-refractivity contribution in [1.29, 1.82) is 0 Å². The van der Waals surface area contributed by atoms with Gasteiger partial charge in [-0.3, -0.25) is 4.79 Å². The average molecular weight is 302 g/mol. The van der Waals surface area contributed by atoms with Gasteiger partial charge in [0.05, 0.1) is 0 Å². The molecule has 0 fully saturated rings. The first-order valence-electron chi connectivity index (χ1n) is 4.89. The topological polar surface area (TPSA) is 75.6 Å². The Morgan fingerprint density at radius 2 is 2.00 bits per heavy atom. The highest BCUT2D eigenvalue weighted by Gasteiger charge is 2.13. The fourth-order valence-electron chi connectivity index (χ4n) is 1.00. The fraction of sp³-hybridized carbons (Fsp3) is 0.273. The third-order valence-corrected chi connectivity index (χ3v) is 2.47. The summed E-state index contributed by atoms with van der Waals surface area (Å²) in [5.41, 5.74) is 0.629. The molecule has 5 nitrogen and oxygen atoms in total. The molecule has 0 saturated carbocycles. The SMILES string of the molecule is C[C@H](OCC(=O)Nc1ccc(Br)cc1)C(=O)O. The van der Waals surface area contributed by atoms with E-state index in [-0.39, 0.29) is 12.5 Å². The highest BCUT2D eigenvalue weighted by atomic mass is 79.9. The Bertz CT molecular complexity index is 404. The van der Waals surface area contributed by atoms with E-state index < -0.39 is 12.1 Å². The van der Waals surface area contributed by atoms with Gasteiger partial charge in [0.25, 0.3) is 0 Å². The van der Waals surface area contributed by atoms with E-state index in [2.05, 4.69) is 21.2 Å². The minimum absolute atomic E-state index is 0.288. The zero-order valence-electron chi connectivity index (χ0n) is 9.14. The lowest BCUT2D eigenvalue weighted by Gasteiger charge is -2.08. The van der Waals surface area contributed by atoms with E-state index in [9.17, 15) is 9.59 Å². The summed E-state index contributed by atoms with van der Waals surface area (Å²) in [4.78, 5) is 21.8. The maximum Gasteiger partial charge on any atom is 0.332 e. The second-order valence-electron chi connectivity index (χ2n) is 3.35. The second kappa shape index (κ2) is 6.36. The van der Waals surface area contributed by atoms with Crippen molar-refractivity contribution in [2.75, 3.05) is 11.9 Å². The summed E-state index contributed by atoms with van der Waals surface area (Å²) >= 11 is 3.27. The maximum atomic E-state index is 11.4. The lowest BCUT2D eigenvalue weighted by atomic mass is 10.3. The molecule has 0 spiro atoms. The Kier molecular flexibility index (Phi) is 5.11. The molecule has 0 heterocycles. The van der Waals surface area contributed by atoms with Crippen LogP contribution in [0.25, 0.3) is 0 Å². The number of anilines is 1. The third kappa shape index (κ3) is 4.97. The molecule has 1 aromatic carbocycles. The molecule has 0 unspecified atom stereocenters. The first-order valence-corrected chi connectivity index (χ1v) is 5.68. The van der Waals surface area contributed by atoms with Crippen molar-refractivity contribution in [3.05, 3.63) is 28.7 Å². The van der Waals surface area contributed by atoms with Crippen LogP contribution in [0.1, 0.15) is 6.92 Å². The van der Waals surface area contributed by atoms with Gasteiger partial charge in [-0.1, -0.05) is 15.9 Å². The third-order valence-electron chi connectivity index (χ3n) is 1.94. The number of halogens is 1. The Morgan fingerprint density at radius 3 is 2.53 bits per heavy atom. The number of carbonyl (C=O) groups excluding carboxylic acids is 1. The monoisotopic (exact) mass is 301 g/mol. The molecule has 0 aliphatic heterocycles. The lowest BCUT2D eigenvalue weighted by molar-refractivity contribution is -0.150. The Labute approximate surface area is 107 Å². The van der Waals surface area contributed by atoms with Crippen molar-refractivity contribution in [3.8, 4) is 0 Å². The second-order valence-corrected chi connectivity index (χ2v) is 4.26. The first-order chi connectivity index (χ1) is 7.99. The van der Waals surface area contributed by atoms with Gasteiger partial charge in [0.2, 0.25) is 5.91 Å². The van der Waals surface area contributed by atoms with Crippen molar-refractivity contribution in [3.63, 3.8) is 0 Å². The Balaban J connectivity index is 2.39. The summed E-state index contributed by atoms with van der Waals surface area (Å²) in [6.45, 7) is 1.08. The molecule has 92 valence electrons. The summed E-state index contributed by atoms with van der Waals surface area (Å²) in [6, 6.07) is 7.03. The van der Waals surface area contributed by atoms with Crippen molar-refractivity contribution in [1.82, 2.24) is 0 Å². The molecule has 0 radical (unpaired) electrons. The van der Waals surface area contributed by atoms with Crippen molar-refractivity contribution in [2.45, 2.75) is 13.0 Å². The van der Waals surface area contributed by atoms with Crippen LogP contribution in [0.3, 0.4) is 0 Å². The van der Waals surface area contributed by atoms with Crippen LogP contribution < -0.4 is 5.32 Å². The number of amides is 1. The van der Waals surface area contributed by atoms with Gasteiger partial charge in [0, 0.05) is 10.2 Å². The van der Waals surface area contributed by atoms with E-state index in [1.807, 2.05) is 0 Å². The van der Waals surface area contributed by atoms with Gasteiger partial charge in [0.15, 0.2) is 6.10 Å². The molecule has 1 atom stereocenters. The largest absolute Gasteiger partial charge is 0.479 e. The van der Waals surface area contributed by atoms with Crippen LogP contribution in [0.5, 0.6) is 0 Å². The summed E-state index contributed by atoms with van der Waals surface area (Å²) in [5.74, 6) is -1.48. The molecule has 17 heavy (non-hydrogen) atoms. The molecule has 0 saturated heterocycles. The molecule has 0 aromatic heterocycles. The highest BCUT2D eigenvalue weighted by molar-refractivity contribution is 9.10. The van der Waals surface area contributed by atoms with Crippen LogP contribution in [-0.4, -0.2) is 29.7 Å². The Morgan fingerprint density at radius 1 is 1.41 bits per heavy atom. The van der Waals surface area contributed by atoms with Gasteiger partial charge in [-0.05, 0) is 31.2 Å². The number of carbonyl (C=O) groups is 2. The van der Waals surface area contributed by atoms with Crippen LogP contribution in [0, 0.1) is 0 Å². The minimum atomic E-state index is -1.10. The molecule has 0 aliphatic rings. The number of carboxylic acids is 1. The van der Waals surface area contributed by atoms with E-state index in [0.717, 1.165) is 4.47 Å². The normalized spacial score (nSPS) is 11.9. The van der Waals surface area contributed by atoms with Gasteiger partial charge in [-0.2, -0.15) is 0 Å². The summed E-state index contributed by atoms with van der Waals surface area (Å²) in [7, 11) is 0. The molecular weight excluding hydrogens is 290 g/mol.